The molecule has 140 valence electrons. The predicted octanol–water partition coefficient (Wildman–Crippen LogP) is 1.94. The molecule has 9 heteroatoms. The highest BCUT2D eigenvalue weighted by Crippen LogP contribution is 2.21. The minimum Gasteiger partial charge on any atom is -0.444 e. The van der Waals surface area contributed by atoms with E-state index in [1.807, 2.05) is 0 Å². The van der Waals surface area contributed by atoms with Gasteiger partial charge in [0.15, 0.2) is 0 Å². The van der Waals surface area contributed by atoms with E-state index in [2.05, 4.69) is 10.6 Å². The Morgan fingerprint density at radius 2 is 1.88 bits per heavy atom. The number of benzene rings is 1. The van der Waals surface area contributed by atoms with Crippen LogP contribution in [0.3, 0.4) is 0 Å². The number of nitrogens with one attached hydrogen (secondary N) is 2. The molecule has 1 aromatic carbocycles. The van der Waals surface area contributed by atoms with Crippen molar-refractivity contribution in [3.05, 3.63) is 24.3 Å². The molecule has 0 spiro atoms. The van der Waals surface area contributed by atoms with Crippen LogP contribution in [0, 0.1) is 0 Å². The van der Waals surface area contributed by atoms with E-state index in [-0.39, 0.29) is 19.0 Å². The molecular weight excluding hydrogens is 346 g/mol. The number of carbonyl (C=O) groups excluding carboxylic acids is 2. The number of ether oxygens (including phenoxy) is 1. The highest BCUT2D eigenvalue weighted by atomic mass is 32.2. The zero-order valence-corrected chi connectivity index (χ0v) is 15.9. The number of amides is 2. The summed E-state index contributed by atoms with van der Waals surface area (Å²) in [7, 11) is -3.57. The molecule has 0 bridgehead atoms. The van der Waals surface area contributed by atoms with Gasteiger partial charge in [-0.3, -0.25) is 9.10 Å². The Morgan fingerprint density at radius 3 is 2.40 bits per heavy atom. The first-order valence-corrected chi connectivity index (χ1v) is 9.55. The zero-order valence-electron chi connectivity index (χ0n) is 15.1. The van der Waals surface area contributed by atoms with E-state index in [0.717, 1.165) is 10.6 Å². The van der Waals surface area contributed by atoms with E-state index in [1.54, 1.807) is 45.0 Å². The number of anilines is 2. The molecule has 0 aliphatic rings. The summed E-state index contributed by atoms with van der Waals surface area (Å²) in [5.74, 6) is -0.255. The first-order valence-electron chi connectivity index (χ1n) is 7.71. The summed E-state index contributed by atoms with van der Waals surface area (Å²) in [6.45, 7) is 6.69. The first-order chi connectivity index (χ1) is 11.4. The van der Waals surface area contributed by atoms with Gasteiger partial charge >= 0.3 is 6.09 Å². The van der Waals surface area contributed by atoms with Crippen molar-refractivity contribution in [2.45, 2.75) is 33.3 Å². The van der Waals surface area contributed by atoms with Crippen molar-refractivity contribution in [3.63, 3.8) is 0 Å². The quantitative estimate of drug-likeness (QED) is 0.795. The Balaban J connectivity index is 2.83. The van der Waals surface area contributed by atoms with Gasteiger partial charge in [-0.1, -0.05) is 6.07 Å². The van der Waals surface area contributed by atoms with Crippen LogP contribution in [0.15, 0.2) is 24.3 Å². The van der Waals surface area contributed by atoms with Crippen LogP contribution in [-0.2, 0) is 19.6 Å². The summed E-state index contributed by atoms with van der Waals surface area (Å²) >= 11 is 0. The van der Waals surface area contributed by atoms with Crippen LogP contribution in [0.25, 0.3) is 0 Å². The minimum absolute atomic E-state index is 0.0294. The molecule has 0 saturated heterocycles. The van der Waals surface area contributed by atoms with E-state index in [9.17, 15) is 18.0 Å². The Labute approximate surface area is 148 Å². The van der Waals surface area contributed by atoms with Gasteiger partial charge < -0.3 is 15.4 Å². The molecule has 0 saturated carbocycles. The van der Waals surface area contributed by atoms with Crippen molar-refractivity contribution in [1.29, 1.82) is 0 Å². The molecule has 1 aromatic rings. The number of hydrogen-bond donors (Lipinski definition) is 2. The summed E-state index contributed by atoms with van der Waals surface area (Å²) in [4.78, 5) is 22.8. The van der Waals surface area contributed by atoms with Crippen LogP contribution in [0.1, 0.15) is 27.7 Å². The van der Waals surface area contributed by atoms with Crippen LogP contribution < -0.4 is 14.9 Å². The average molecular weight is 371 g/mol. The topological polar surface area (TPSA) is 105 Å². The highest BCUT2D eigenvalue weighted by Gasteiger charge is 2.19. The van der Waals surface area contributed by atoms with Crippen LogP contribution in [0.4, 0.5) is 16.2 Å². The summed E-state index contributed by atoms with van der Waals surface area (Å²) in [6, 6.07) is 6.46. The lowest BCUT2D eigenvalue weighted by molar-refractivity contribution is -0.114. The van der Waals surface area contributed by atoms with Gasteiger partial charge in [0.2, 0.25) is 15.9 Å². The number of hydrogen-bond acceptors (Lipinski definition) is 5. The van der Waals surface area contributed by atoms with Gasteiger partial charge in [0.25, 0.3) is 0 Å². The molecule has 2 amide bonds. The van der Waals surface area contributed by atoms with Crippen LogP contribution >= 0.6 is 0 Å². The van der Waals surface area contributed by atoms with E-state index in [1.165, 1.54) is 6.92 Å². The molecule has 8 nitrogen and oxygen atoms in total. The number of rotatable bonds is 6. The van der Waals surface area contributed by atoms with Gasteiger partial charge in [-0.2, -0.15) is 0 Å². The fourth-order valence-corrected chi connectivity index (χ4v) is 2.92. The van der Waals surface area contributed by atoms with E-state index >= 15 is 0 Å². The molecule has 0 heterocycles. The molecule has 0 radical (unpaired) electrons. The van der Waals surface area contributed by atoms with Gasteiger partial charge in [0.1, 0.15) is 5.60 Å². The van der Waals surface area contributed by atoms with Crippen LogP contribution in [0.2, 0.25) is 0 Å². The second-order valence-corrected chi connectivity index (χ2v) is 8.40. The van der Waals surface area contributed by atoms with Gasteiger partial charge in [0.05, 0.1) is 18.5 Å². The van der Waals surface area contributed by atoms with Crippen molar-refractivity contribution in [2.24, 2.45) is 0 Å². The molecule has 0 aliphatic carbocycles. The Morgan fingerprint density at radius 1 is 1.24 bits per heavy atom. The average Bonchev–Trinajstić information content (AvgIpc) is 2.39. The molecule has 25 heavy (non-hydrogen) atoms. The lowest BCUT2D eigenvalue weighted by Crippen LogP contribution is -2.40. The second kappa shape index (κ2) is 8.19. The molecule has 2 N–H and O–H groups in total. The number of sulfonamides is 1. The van der Waals surface area contributed by atoms with Crippen molar-refractivity contribution in [3.8, 4) is 0 Å². The third kappa shape index (κ3) is 7.88. The van der Waals surface area contributed by atoms with Gasteiger partial charge in [0, 0.05) is 19.2 Å². The lowest BCUT2D eigenvalue weighted by atomic mass is 10.2. The third-order valence-corrected chi connectivity index (χ3v) is 4.03. The number of carbonyl (C=O) groups is 2. The zero-order chi connectivity index (χ0) is 19.3. The molecule has 0 unspecified atom stereocenters. The highest BCUT2D eigenvalue weighted by molar-refractivity contribution is 7.92. The Kier molecular flexibility index (Phi) is 6.80. The molecule has 1 rings (SSSR count). The van der Waals surface area contributed by atoms with Crippen LogP contribution in [-0.4, -0.2) is 45.4 Å². The molecular formula is C16H25N3O5S. The van der Waals surface area contributed by atoms with Crippen LogP contribution in [0.5, 0.6) is 0 Å². The van der Waals surface area contributed by atoms with Gasteiger partial charge in [-0.25, -0.2) is 13.2 Å². The van der Waals surface area contributed by atoms with Crippen molar-refractivity contribution < 1.29 is 22.7 Å². The van der Waals surface area contributed by atoms with E-state index in [0.29, 0.717) is 11.4 Å². The lowest BCUT2D eigenvalue weighted by Gasteiger charge is -2.24. The predicted molar refractivity (Wildman–Crippen MR) is 97.2 cm³/mol. The number of alkyl carbamates (subject to hydrolysis) is 1. The summed E-state index contributed by atoms with van der Waals surface area (Å²) < 4.78 is 30.4. The molecule has 0 fully saturated rings. The fourth-order valence-electron chi connectivity index (χ4n) is 2.00. The number of nitrogens with zero attached hydrogens (tertiary/aromatic N) is 1. The second-order valence-electron chi connectivity index (χ2n) is 6.50. The SMILES string of the molecule is CC(=O)Nc1cccc(N(CCNC(=O)OC(C)(C)C)S(C)(=O)=O)c1. The summed E-state index contributed by atoms with van der Waals surface area (Å²) in [6.07, 6.45) is 0.457. The molecule has 0 aliphatic heterocycles. The maximum absolute atomic E-state index is 12.1. The Hall–Kier alpha value is -2.29. The maximum Gasteiger partial charge on any atom is 0.407 e. The van der Waals surface area contributed by atoms with Crippen molar-refractivity contribution in [1.82, 2.24) is 5.32 Å². The smallest absolute Gasteiger partial charge is 0.407 e. The molecule has 0 aromatic heterocycles. The van der Waals surface area contributed by atoms with Gasteiger partial charge in [-0.15, -0.1) is 0 Å². The van der Waals surface area contributed by atoms with Crippen molar-refractivity contribution in [2.75, 3.05) is 29.0 Å². The first kappa shape index (κ1) is 20.8. The minimum atomic E-state index is -3.57. The van der Waals surface area contributed by atoms with Crippen molar-refractivity contribution >= 4 is 33.4 Å². The monoisotopic (exact) mass is 371 g/mol. The summed E-state index contributed by atoms with van der Waals surface area (Å²) in [5, 5.41) is 5.12. The third-order valence-electron chi connectivity index (χ3n) is 2.84. The largest absolute Gasteiger partial charge is 0.444 e. The van der Waals surface area contributed by atoms with E-state index < -0.39 is 21.7 Å². The normalized spacial score (nSPS) is 11.6. The Bertz CT molecular complexity index is 726. The fraction of sp³-hybridized carbons (Fsp3) is 0.500. The standard InChI is InChI=1S/C16H25N3O5S/c1-12(20)18-13-7-6-8-14(11-13)19(25(5,22)23)10-9-17-15(21)24-16(2,3)4/h6-8,11H,9-10H2,1-5H3,(H,17,21)(H,18,20). The van der Waals surface area contributed by atoms with Gasteiger partial charge in [-0.05, 0) is 39.0 Å². The van der Waals surface area contributed by atoms with E-state index in [4.69, 9.17) is 4.74 Å². The maximum atomic E-state index is 12.1. The summed E-state index contributed by atoms with van der Waals surface area (Å²) in [5.41, 5.74) is 0.242. The molecule has 0 atom stereocenters.